The predicted molar refractivity (Wildman–Crippen MR) is 68.0 cm³/mol. The van der Waals surface area contributed by atoms with E-state index in [4.69, 9.17) is 9.47 Å². The molecule has 0 heterocycles. The van der Waals surface area contributed by atoms with Crippen LogP contribution in [0, 0.1) is 0 Å². The molecule has 0 unspecified atom stereocenters. The Kier molecular flexibility index (Phi) is 5.38. The van der Waals surface area contributed by atoms with Gasteiger partial charge in [0.05, 0.1) is 13.0 Å². The lowest BCUT2D eigenvalue weighted by molar-refractivity contribution is -0.166. The van der Waals surface area contributed by atoms with E-state index >= 15 is 0 Å². The zero-order valence-corrected chi connectivity index (χ0v) is 11.3. The van der Waals surface area contributed by atoms with Crippen LogP contribution in [0.1, 0.15) is 52.4 Å². The van der Waals surface area contributed by atoms with Crippen LogP contribution < -0.4 is 0 Å². The van der Waals surface area contributed by atoms with E-state index in [9.17, 15) is 9.59 Å². The molecular formula is C14H22O4. The highest BCUT2D eigenvalue weighted by atomic mass is 16.6. The second kappa shape index (κ2) is 6.57. The molecule has 0 N–H and O–H groups in total. The van der Waals surface area contributed by atoms with Crippen LogP contribution >= 0.6 is 0 Å². The SMILES string of the molecule is C=C(C)C(=O)OC1(CC(=O)OCC)CCCCC1. The molecule has 0 aromatic rings. The molecule has 0 atom stereocenters. The van der Waals surface area contributed by atoms with Crippen molar-refractivity contribution in [1.82, 2.24) is 0 Å². The summed E-state index contributed by atoms with van der Waals surface area (Å²) in [5.74, 6) is -0.713. The number of carbonyl (C=O) groups excluding carboxylic acids is 2. The molecule has 0 aliphatic heterocycles. The van der Waals surface area contributed by atoms with Gasteiger partial charge in [-0.1, -0.05) is 13.0 Å². The highest BCUT2D eigenvalue weighted by Crippen LogP contribution is 2.35. The van der Waals surface area contributed by atoms with Gasteiger partial charge in [-0.05, 0) is 39.5 Å². The number of ether oxygens (including phenoxy) is 2. The Morgan fingerprint density at radius 2 is 1.83 bits per heavy atom. The van der Waals surface area contributed by atoms with Crippen molar-refractivity contribution < 1.29 is 19.1 Å². The molecule has 1 rings (SSSR count). The molecule has 4 nitrogen and oxygen atoms in total. The topological polar surface area (TPSA) is 52.6 Å². The molecule has 0 aromatic heterocycles. The molecule has 0 radical (unpaired) electrons. The number of hydrogen-bond donors (Lipinski definition) is 0. The van der Waals surface area contributed by atoms with E-state index < -0.39 is 11.6 Å². The molecule has 0 spiro atoms. The molecule has 0 bridgehead atoms. The normalized spacial score (nSPS) is 17.9. The number of hydrogen-bond acceptors (Lipinski definition) is 4. The largest absolute Gasteiger partial charge is 0.466 e. The minimum atomic E-state index is -0.680. The first-order valence-electron chi connectivity index (χ1n) is 6.53. The van der Waals surface area contributed by atoms with Crippen molar-refractivity contribution in [2.75, 3.05) is 6.61 Å². The smallest absolute Gasteiger partial charge is 0.333 e. The van der Waals surface area contributed by atoms with E-state index in [0.717, 1.165) is 32.1 Å². The van der Waals surface area contributed by atoms with E-state index in [1.165, 1.54) is 0 Å². The molecular weight excluding hydrogens is 232 g/mol. The summed E-state index contributed by atoms with van der Waals surface area (Å²) in [5, 5.41) is 0. The average molecular weight is 254 g/mol. The van der Waals surface area contributed by atoms with Gasteiger partial charge in [0, 0.05) is 5.57 Å². The van der Waals surface area contributed by atoms with Crippen molar-refractivity contribution in [1.29, 1.82) is 0 Å². The minimum absolute atomic E-state index is 0.153. The molecule has 0 saturated heterocycles. The maximum atomic E-state index is 11.7. The zero-order valence-electron chi connectivity index (χ0n) is 11.3. The van der Waals surface area contributed by atoms with Gasteiger partial charge in [-0.3, -0.25) is 4.79 Å². The highest BCUT2D eigenvalue weighted by molar-refractivity contribution is 5.87. The molecule has 1 saturated carbocycles. The fraction of sp³-hybridized carbons (Fsp3) is 0.714. The summed E-state index contributed by atoms with van der Waals surface area (Å²) in [4.78, 5) is 23.3. The van der Waals surface area contributed by atoms with Gasteiger partial charge in [0.2, 0.25) is 0 Å². The van der Waals surface area contributed by atoms with Crippen LogP contribution in [0.5, 0.6) is 0 Å². The van der Waals surface area contributed by atoms with Gasteiger partial charge in [0.15, 0.2) is 0 Å². The maximum Gasteiger partial charge on any atom is 0.333 e. The van der Waals surface area contributed by atoms with Gasteiger partial charge in [-0.25, -0.2) is 4.79 Å². The zero-order chi connectivity index (χ0) is 13.6. The Bertz CT molecular complexity index is 327. The van der Waals surface area contributed by atoms with Gasteiger partial charge in [0.1, 0.15) is 5.60 Å². The molecule has 102 valence electrons. The van der Waals surface area contributed by atoms with Crippen molar-refractivity contribution in [3.8, 4) is 0 Å². The molecule has 0 aromatic carbocycles. The van der Waals surface area contributed by atoms with Crippen LogP contribution in [0.4, 0.5) is 0 Å². The van der Waals surface area contributed by atoms with Crippen molar-refractivity contribution in [2.45, 2.75) is 58.0 Å². The third-order valence-electron chi connectivity index (χ3n) is 3.19. The first-order chi connectivity index (χ1) is 8.49. The van der Waals surface area contributed by atoms with E-state index in [1.807, 2.05) is 0 Å². The van der Waals surface area contributed by atoms with Crippen LogP contribution in [0.15, 0.2) is 12.2 Å². The van der Waals surface area contributed by atoms with Gasteiger partial charge in [-0.15, -0.1) is 0 Å². The van der Waals surface area contributed by atoms with Crippen molar-refractivity contribution in [3.05, 3.63) is 12.2 Å². The van der Waals surface area contributed by atoms with Gasteiger partial charge < -0.3 is 9.47 Å². The Hall–Kier alpha value is -1.32. The van der Waals surface area contributed by atoms with Crippen molar-refractivity contribution in [3.63, 3.8) is 0 Å². The fourth-order valence-electron chi connectivity index (χ4n) is 2.27. The molecule has 1 aliphatic carbocycles. The second-order valence-corrected chi connectivity index (χ2v) is 4.90. The fourth-order valence-corrected chi connectivity index (χ4v) is 2.27. The molecule has 0 amide bonds. The summed E-state index contributed by atoms with van der Waals surface area (Å²) >= 11 is 0. The number of esters is 2. The summed E-state index contributed by atoms with van der Waals surface area (Å²) in [6, 6.07) is 0. The van der Waals surface area contributed by atoms with Crippen molar-refractivity contribution in [2.24, 2.45) is 0 Å². The Morgan fingerprint density at radius 3 is 2.33 bits per heavy atom. The molecule has 18 heavy (non-hydrogen) atoms. The standard InChI is InChI=1S/C14H22O4/c1-4-17-12(15)10-14(8-6-5-7-9-14)18-13(16)11(2)3/h2,4-10H2,1,3H3. The first-order valence-corrected chi connectivity index (χ1v) is 6.53. The van der Waals surface area contributed by atoms with Gasteiger partial charge in [0.25, 0.3) is 0 Å². The lowest BCUT2D eigenvalue weighted by Crippen LogP contribution is -2.40. The molecule has 4 heteroatoms. The lowest BCUT2D eigenvalue weighted by Gasteiger charge is -2.36. The second-order valence-electron chi connectivity index (χ2n) is 4.90. The van der Waals surface area contributed by atoms with Gasteiger partial charge in [-0.2, -0.15) is 0 Å². The number of carbonyl (C=O) groups is 2. The van der Waals surface area contributed by atoms with Crippen LogP contribution in [-0.2, 0) is 19.1 Å². The van der Waals surface area contributed by atoms with Crippen LogP contribution in [0.2, 0.25) is 0 Å². The van der Waals surface area contributed by atoms with Gasteiger partial charge >= 0.3 is 11.9 Å². The Labute approximate surface area is 108 Å². The van der Waals surface area contributed by atoms with Crippen molar-refractivity contribution >= 4 is 11.9 Å². The maximum absolute atomic E-state index is 11.7. The quantitative estimate of drug-likeness (QED) is 0.559. The monoisotopic (exact) mass is 254 g/mol. The van der Waals surface area contributed by atoms with E-state index in [1.54, 1.807) is 13.8 Å². The van der Waals surface area contributed by atoms with Crippen LogP contribution in [-0.4, -0.2) is 24.1 Å². The molecule has 1 aliphatic rings. The van der Waals surface area contributed by atoms with E-state index in [2.05, 4.69) is 6.58 Å². The van der Waals surface area contributed by atoms with E-state index in [0.29, 0.717) is 12.2 Å². The highest BCUT2D eigenvalue weighted by Gasteiger charge is 2.38. The summed E-state index contributed by atoms with van der Waals surface area (Å²) in [5.41, 5.74) is -0.315. The number of rotatable bonds is 5. The summed E-state index contributed by atoms with van der Waals surface area (Å²) < 4.78 is 10.5. The van der Waals surface area contributed by atoms with Crippen LogP contribution in [0.3, 0.4) is 0 Å². The summed E-state index contributed by atoms with van der Waals surface area (Å²) in [6.45, 7) is 7.31. The molecule has 1 fully saturated rings. The first kappa shape index (κ1) is 14.7. The Balaban J connectivity index is 2.71. The van der Waals surface area contributed by atoms with E-state index in [-0.39, 0.29) is 12.4 Å². The predicted octanol–water partition coefficient (Wildman–Crippen LogP) is 2.76. The third-order valence-corrected chi connectivity index (χ3v) is 3.19. The van der Waals surface area contributed by atoms with Crippen LogP contribution in [0.25, 0.3) is 0 Å². The lowest BCUT2D eigenvalue weighted by atomic mass is 9.82. The summed E-state index contributed by atoms with van der Waals surface area (Å²) in [7, 11) is 0. The average Bonchev–Trinajstić information content (AvgIpc) is 2.29. The summed E-state index contributed by atoms with van der Waals surface area (Å²) in [6.07, 6.45) is 4.68. The minimum Gasteiger partial charge on any atom is -0.466 e. The Morgan fingerprint density at radius 1 is 1.22 bits per heavy atom. The third kappa shape index (κ3) is 4.17.